The predicted molar refractivity (Wildman–Crippen MR) is 229 cm³/mol. The minimum absolute atomic E-state index is 0. The second kappa shape index (κ2) is 24.1. The Morgan fingerprint density at radius 1 is 0.352 bits per heavy atom. The van der Waals surface area contributed by atoms with Crippen LogP contribution in [0, 0.1) is 55.4 Å². The van der Waals surface area contributed by atoms with Crippen LogP contribution >= 0.6 is 0 Å². The number of halogens is 2. The second-order valence-electron chi connectivity index (χ2n) is 14.4. The Hall–Kier alpha value is -2.59. The molecule has 8 aromatic carbocycles. The smallest absolute Gasteiger partial charge is 0.0488 e. The molecule has 4 heteroatoms. The fourth-order valence-corrected chi connectivity index (χ4v) is 6.16. The van der Waals surface area contributed by atoms with Crippen molar-refractivity contribution >= 4 is 49.5 Å². The number of hydrogen-bond acceptors (Lipinski definition) is 0. The molecule has 0 aliphatic heterocycles. The molecule has 0 atom stereocenters. The van der Waals surface area contributed by atoms with Crippen LogP contribution in [0.15, 0.2) is 121 Å². The van der Waals surface area contributed by atoms with Crippen LogP contribution in [-0.4, -0.2) is 6.41 Å². The van der Waals surface area contributed by atoms with E-state index in [-0.39, 0.29) is 24.8 Å². The van der Waals surface area contributed by atoms with Gasteiger partial charge in [0.2, 0.25) is 0 Å². The molecule has 0 aliphatic rings. The molecule has 280 valence electrons. The first kappa shape index (κ1) is 49.4. The minimum Gasteiger partial charge on any atom is -1.00 e. The maximum absolute atomic E-state index is 2.24. The van der Waals surface area contributed by atoms with Gasteiger partial charge in [-0.2, -0.15) is 24.3 Å². The third-order valence-electron chi connectivity index (χ3n) is 8.45. The van der Waals surface area contributed by atoms with Gasteiger partial charge in [-0.05, 0) is 27.7 Å². The second-order valence-corrected chi connectivity index (χ2v) is 19.4. The Labute approximate surface area is 368 Å². The van der Waals surface area contributed by atoms with Gasteiger partial charge in [-0.25, -0.2) is 0 Å². The van der Waals surface area contributed by atoms with E-state index in [4.69, 9.17) is 0 Å². The standard InChI is InChI=1S/4C11H11.2C3H6.2ClH.2Zr/c4*1-8-6-10-5-3-4-9(2)11(10)7-8;2*1-3-2;;;;/h4*3-7H,1-2H3;2*1-2H3;2*1H;;/q4*-1;;;;;2*+2/p-2. The van der Waals surface area contributed by atoms with E-state index in [0.29, 0.717) is 0 Å². The van der Waals surface area contributed by atoms with Crippen LogP contribution in [-0.2, 0) is 48.5 Å². The molecule has 8 rings (SSSR count). The zero-order valence-electron chi connectivity index (χ0n) is 34.3. The van der Waals surface area contributed by atoms with Crippen LogP contribution in [0.5, 0.6) is 0 Å². The Kier molecular flexibility index (Phi) is 22.1. The molecule has 0 amide bonds. The van der Waals surface area contributed by atoms with E-state index in [0.717, 1.165) is 0 Å². The van der Waals surface area contributed by atoms with Gasteiger partial charge in [0.25, 0.3) is 0 Å². The van der Waals surface area contributed by atoms with Crippen LogP contribution in [0.2, 0.25) is 0 Å². The number of aryl methyl sites for hydroxylation is 8. The monoisotopic (exact) mass is 906 g/mol. The van der Waals surface area contributed by atoms with Crippen LogP contribution in [0.1, 0.15) is 72.2 Å². The van der Waals surface area contributed by atoms with Gasteiger partial charge in [0.15, 0.2) is 0 Å². The van der Waals surface area contributed by atoms with Gasteiger partial charge in [0, 0.05) is 0 Å². The molecule has 0 fully saturated rings. The van der Waals surface area contributed by atoms with E-state index >= 15 is 0 Å². The van der Waals surface area contributed by atoms with Crippen molar-refractivity contribution in [1.82, 2.24) is 0 Å². The van der Waals surface area contributed by atoms with Crippen LogP contribution in [0.3, 0.4) is 0 Å². The van der Waals surface area contributed by atoms with Crippen molar-refractivity contribution in [3.05, 3.63) is 166 Å². The van der Waals surface area contributed by atoms with Gasteiger partial charge in [-0.3, -0.25) is 0 Å². The average molecular weight is 910 g/mol. The fourth-order valence-electron chi connectivity index (χ4n) is 6.16. The third kappa shape index (κ3) is 15.9. The van der Waals surface area contributed by atoms with Crippen LogP contribution in [0.4, 0.5) is 0 Å². The molecule has 0 aliphatic carbocycles. The third-order valence-corrected chi connectivity index (χ3v) is 8.45. The fraction of sp³-hybridized carbons (Fsp3) is 0.240. The molecule has 0 aromatic heterocycles. The maximum Gasteiger partial charge on any atom is -0.0488 e. The number of fused-ring (bicyclic) bond motifs is 4. The van der Waals surface area contributed by atoms with E-state index in [1.165, 1.54) is 94.0 Å². The number of hydrogen-bond donors (Lipinski definition) is 0. The van der Waals surface area contributed by atoms with Crippen molar-refractivity contribution in [2.45, 2.75) is 83.1 Å². The quantitative estimate of drug-likeness (QED) is 0.135. The van der Waals surface area contributed by atoms with Crippen molar-refractivity contribution < 1.29 is 73.3 Å². The Morgan fingerprint density at radius 3 is 0.667 bits per heavy atom. The SMILES string of the molecule is C[C](C)=[Zr+2].C[C](C)=[Zr+2].Cc1cc2c(C)cccc2[cH-]1.Cc1cc2c(C)cccc2[cH-]1.Cc1cc2c(C)cccc2[cH-]1.Cc1cc2c(C)cccc2[cH-]1.[Cl-].[Cl-]. The van der Waals surface area contributed by atoms with Crippen LogP contribution in [0.25, 0.3) is 43.1 Å². The molecule has 0 heterocycles. The molecule has 54 heavy (non-hydrogen) atoms. The predicted octanol–water partition coefficient (Wildman–Crippen LogP) is 8.20. The summed E-state index contributed by atoms with van der Waals surface area (Å²) in [5.74, 6) is 0. The van der Waals surface area contributed by atoms with Crippen molar-refractivity contribution in [2.24, 2.45) is 0 Å². The summed E-state index contributed by atoms with van der Waals surface area (Å²) >= 11 is 3.11. The summed E-state index contributed by atoms with van der Waals surface area (Å²) in [6.45, 7) is 25.7. The summed E-state index contributed by atoms with van der Waals surface area (Å²) in [4.78, 5) is 0. The van der Waals surface area contributed by atoms with Gasteiger partial charge in [0.05, 0.1) is 0 Å². The molecule has 0 radical (unpaired) electrons. The normalized spacial score (nSPS) is 9.78. The van der Waals surface area contributed by atoms with E-state index in [9.17, 15) is 0 Å². The summed E-state index contributed by atoms with van der Waals surface area (Å²) in [6, 6.07) is 43.6. The van der Waals surface area contributed by atoms with E-state index in [2.05, 4.69) is 204 Å². The van der Waals surface area contributed by atoms with Crippen molar-refractivity contribution in [3.8, 4) is 0 Å². The average Bonchev–Trinajstić information content (AvgIpc) is 3.83. The summed E-state index contributed by atoms with van der Waals surface area (Å²) in [5, 5.41) is 11.0. The van der Waals surface area contributed by atoms with Crippen molar-refractivity contribution in [3.63, 3.8) is 0 Å². The van der Waals surface area contributed by atoms with Crippen LogP contribution < -0.4 is 24.8 Å². The molecule has 0 N–H and O–H groups in total. The molecule has 0 spiro atoms. The number of benzene rings is 4. The molecule has 0 unspecified atom stereocenters. The Balaban J connectivity index is 0.000000334. The first-order valence-corrected chi connectivity index (χ1v) is 20.6. The summed E-state index contributed by atoms with van der Waals surface area (Å²) < 4.78 is 3.01. The van der Waals surface area contributed by atoms with Gasteiger partial charge in [0.1, 0.15) is 0 Å². The molecular weight excluding hydrogens is 854 g/mol. The molecule has 8 aromatic rings. The summed E-state index contributed by atoms with van der Waals surface area (Å²) in [6.07, 6.45) is 0. The molecule has 0 bridgehead atoms. The largest absolute Gasteiger partial charge is 1.00 e. The summed E-state index contributed by atoms with van der Waals surface area (Å²) in [7, 11) is 0. The first-order valence-electron chi connectivity index (χ1n) is 18.1. The van der Waals surface area contributed by atoms with E-state index in [1.54, 1.807) is 48.5 Å². The zero-order chi connectivity index (χ0) is 38.5. The molecule has 0 nitrogen and oxygen atoms in total. The summed E-state index contributed by atoms with van der Waals surface area (Å²) in [5.41, 5.74) is 10.9. The van der Waals surface area contributed by atoms with Crippen molar-refractivity contribution in [2.75, 3.05) is 0 Å². The van der Waals surface area contributed by atoms with Gasteiger partial charge < -0.3 is 24.8 Å². The first-order chi connectivity index (χ1) is 24.5. The van der Waals surface area contributed by atoms with Gasteiger partial charge >= 0.3 is 82.6 Å². The zero-order valence-corrected chi connectivity index (χ0v) is 40.7. The topological polar surface area (TPSA) is 0 Å². The van der Waals surface area contributed by atoms with E-state index < -0.39 is 0 Å². The van der Waals surface area contributed by atoms with Gasteiger partial charge in [-0.15, -0.1) is 138 Å². The van der Waals surface area contributed by atoms with E-state index in [1.807, 2.05) is 0 Å². The minimum atomic E-state index is 0. The molecular formula is C50H56Cl2Zr2-2. The molecule has 0 saturated heterocycles. The molecule has 0 saturated carbocycles. The Morgan fingerprint density at radius 2 is 0.519 bits per heavy atom. The number of rotatable bonds is 0. The van der Waals surface area contributed by atoms with Crippen molar-refractivity contribution in [1.29, 1.82) is 0 Å². The van der Waals surface area contributed by atoms with Gasteiger partial charge in [-0.1, -0.05) is 74.2 Å². The maximum atomic E-state index is 2.24. The Bertz CT molecular complexity index is 2040.